The standard InChI is InChI=1S/C12H15ClFNOS/c13-10-2-1-9(5-11(10)14)6-15-7-12(16)3-4-17-8-12/h1-2,5,15-16H,3-4,6-8H2. The summed E-state index contributed by atoms with van der Waals surface area (Å²) >= 11 is 7.37. The molecule has 2 rings (SSSR count). The molecule has 0 saturated carbocycles. The van der Waals surface area contributed by atoms with Crippen molar-refractivity contribution in [2.45, 2.75) is 18.6 Å². The number of hydrogen-bond acceptors (Lipinski definition) is 3. The van der Waals surface area contributed by atoms with Gasteiger partial charge in [0.2, 0.25) is 0 Å². The summed E-state index contributed by atoms with van der Waals surface area (Å²) in [5, 5.41) is 13.4. The molecule has 1 fully saturated rings. The van der Waals surface area contributed by atoms with Crippen molar-refractivity contribution in [3.8, 4) is 0 Å². The second kappa shape index (κ2) is 5.57. The number of hydrogen-bond donors (Lipinski definition) is 2. The highest BCUT2D eigenvalue weighted by Crippen LogP contribution is 2.27. The Hall–Kier alpha value is -0.290. The molecule has 5 heteroatoms. The normalized spacial score (nSPS) is 24.2. The first-order chi connectivity index (χ1) is 8.09. The summed E-state index contributed by atoms with van der Waals surface area (Å²) in [5.74, 6) is 1.38. The molecular weight excluding hydrogens is 261 g/mol. The maximum atomic E-state index is 13.2. The number of halogens is 2. The highest BCUT2D eigenvalue weighted by Gasteiger charge is 2.30. The molecule has 0 amide bonds. The minimum Gasteiger partial charge on any atom is -0.388 e. The van der Waals surface area contributed by atoms with E-state index in [0.717, 1.165) is 23.5 Å². The van der Waals surface area contributed by atoms with Crippen molar-refractivity contribution in [1.29, 1.82) is 0 Å². The van der Waals surface area contributed by atoms with E-state index >= 15 is 0 Å². The average Bonchev–Trinajstić information content (AvgIpc) is 2.71. The third kappa shape index (κ3) is 3.58. The molecular formula is C12H15ClFNOS. The molecule has 0 aliphatic carbocycles. The van der Waals surface area contributed by atoms with E-state index in [2.05, 4.69) is 5.32 Å². The van der Waals surface area contributed by atoms with Crippen molar-refractivity contribution in [2.75, 3.05) is 18.1 Å². The predicted octanol–water partition coefficient (Wildman–Crippen LogP) is 2.44. The Bertz CT molecular complexity index is 396. The first-order valence-corrected chi connectivity index (χ1v) is 7.07. The first kappa shape index (κ1) is 13.1. The molecule has 1 atom stereocenters. The fraction of sp³-hybridized carbons (Fsp3) is 0.500. The van der Waals surface area contributed by atoms with Crippen molar-refractivity contribution in [1.82, 2.24) is 5.32 Å². The topological polar surface area (TPSA) is 32.3 Å². The minimum absolute atomic E-state index is 0.138. The molecule has 1 unspecified atom stereocenters. The summed E-state index contributed by atoms with van der Waals surface area (Å²) in [4.78, 5) is 0. The smallest absolute Gasteiger partial charge is 0.142 e. The Morgan fingerprint density at radius 1 is 1.53 bits per heavy atom. The lowest BCUT2D eigenvalue weighted by atomic mass is 10.0. The molecule has 1 aliphatic heterocycles. The molecule has 0 bridgehead atoms. The van der Waals surface area contributed by atoms with Crippen LogP contribution in [0, 0.1) is 5.82 Å². The monoisotopic (exact) mass is 275 g/mol. The molecule has 17 heavy (non-hydrogen) atoms. The molecule has 1 saturated heterocycles. The van der Waals surface area contributed by atoms with Crippen LogP contribution in [0.1, 0.15) is 12.0 Å². The second-order valence-electron chi connectivity index (χ2n) is 4.38. The lowest BCUT2D eigenvalue weighted by molar-refractivity contribution is 0.0674. The van der Waals surface area contributed by atoms with Gasteiger partial charge in [0.15, 0.2) is 0 Å². The van der Waals surface area contributed by atoms with Gasteiger partial charge in [-0.1, -0.05) is 17.7 Å². The summed E-state index contributed by atoms with van der Waals surface area (Å²) in [6, 6.07) is 4.75. The molecule has 2 nitrogen and oxygen atoms in total. The van der Waals surface area contributed by atoms with Gasteiger partial charge in [0.05, 0.1) is 10.6 Å². The van der Waals surface area contributed by atoms with Crippen LogP contribution in [0.15, 0.2) is 18.2 Å². The maximum Gasteiger partial charge on any atom is 0.142 e. The Morgan fingerprint density at radius 3 is 3.00 bits per heavy atom. The number of benzene rings is 1. The van der Waals surface area contributed by atoms with Crippen molar-refractivity contribution in [3.63, 3.8) is 0 Å². The molecule has 1 aliphatic rings. The highest BCUT2D eigenvalue weighted by atomic mass is 35.5. The lowest BCUT2D eigenvalue weighted by Gasteiger charge is -2.21. The average molecular weight is 276 g/mol. The summed E-state index contributed by atoms with van der Waals surface area (Å²) < 4.78 is 13.2. The molecule has 0 aromatic heterocycles. The zero-order valence-electron chi connectivity index (χ0n) is 9.38. The van der Waals surface area contributed by atoms with Crippen LogP contribution >= 0.6 is 23.4 Å². The van der Waals surface area contributed by atoms with Crippen LogP contribution in [0.3, 0.4) is 0 Å². The van der Waals surface area contributed by atoms with E-state index in [4.69, 9.17) is 11.6 Å². The Labute approximate surface area is 110 Å². The van der Waals surface area contributed by atoms with Gasteiger partial charge in [-0.2, -0.15) is 11.8 Å². The molecule has 0 spiro atoms. The van der Waals surface area contributed by atoms with Crippen LogP contribution < -0.4 is 5.32 Å². The van der Waals surface area contributed by atoms with E-state index in [1.165, 1.54) is 6.07 Å². The van der Waals surface area contributed by atoms with E-state index in [9.17, 15) is 9.50 Å². The van der Waals surface area contributed by atoms with Crippen LogP contribution in [0.5, 0.6) is 0 Å². The van der Waals surface area contributed by atoms with Gasteiger partial charge in [0, 0.05) is 18.8 Å². The molecule has 0 radical (unpaired) electrons. The summed E-state index contributed by atoms with van der Waals surface area (Å²) in [5.41, 5.74) is 0.233. The zero-order chi connectivity index (χ0) is 12.3. The van der Waals surface area contributed by atoms with E-state index < -0.39 is 11.4 Å². The van der Waals surface area contributed by atoms with Gasteiger partial charge in [0.1, 0.15) is 5.82 Å². The largest absolute Gasteiger partial charge is 0.388 e. The quantitative estimate of drug-likeness (QED) is 0.885. The fourth-order valence-electron chi connectivity index (χ4n) is 1.82. The number of aliphatic hydroxyl groups is 1. The van der Waals surface area contributed by atoms with Crippen LogP contribution in [-0.4, -0.2) is 28.8 Å². The van der Waals surface area contributed by atoms with Gasteiger partial charge in [-0.3, -0.25) is 0 Å². The van der Waals surface area contributed by atoms with Crippen LogP contribution in [0.2, 0.25) is 5.02 Å². The number of nitrogens with one attached hydrogen (secondary N) is 1. The van der Waals surface area contributed by atoms with Crippen molar-refractivity contribution >= 4 is 23.4 Å². The summed E-state index contributed by atoms with van der Waals surface area (Å²) in [6.45, 7) is 1.09. The molecule has 2 N–H and O–H groups in total. The minimum atomic E-state index is -0.602. The van der Waals surface area contributed by atoms with Gasteiger partial charge in [-0.15, -0.1) is 0 Å². The predicted molar refractivity (Wildman–Crippen MR) is 70.0 cm³/mol. The Kier molecular flexibility index (Phi) is 4.31. The van der Waals surface area contributed by atoms with Gasteiger partial charge < -0.3 is 10.4 Å². The van der Waals surface area contributed by atoms with Gasteiger partial charge >= 0.3 is 0 Å². The lowest BCUT2D eigenvalue weighted by Crippen LogP contribution is -2.40. The summed E-state index contributed by atoms with van der Waals surface area (Å²) in [6.07, 6.45) is 0.819. The van der Waals surface area contributed by atoms with Crippen molar-refractivity contribution in [3.05, 3.63) is 34.6 Å². The second-order valence-corrected chi connectivity index (χ2v) is 5.89. The Morgan fingerprint density at radius 2 is 2.35 bits per heavy atom. The van der Waals surface area contributed by atoms with Crippen molar-refractivity contribution in [2.24, 2.45) is 0 Å². The van der Waals surface area contributed by atoms with E-state index in [-0.39, 0.29) is 5.02 Å². The third-order valence-electron chi connectivity index (χ3n) is 2.85. The third-order valence-corrected chi connectivity index (χ3v) is 4.39. The van der Waals surface area contributed by atoms with E-state index in [0.29, 0.717) is 13.1 Å². The van der Waals surface area contributed by atoms with Crippen molar-refractivity contribution < 1.29 is 9.50 Å². The van der Waals surface area contributed by atoms with Gasteiger partial charge in [-0.25, -0.2) is 4.39 Å². The molecule has 1 aromatic carbocycles. The van der Waals surface area contributed by atoms with Crippen LogP contribution in [0.4, 0.5) is 4.39 Å². The molecule has 1 aromatic rings. The molecule has 94 valence electrons. The maximum absolute atomic E-state index is 13.2. The van der Waals surface area contributed by atoms with Gasteiger partial charge in [-0.05, 0) is 29.9 Å². The van der Waals surface area contributed by atoms with E-state index in [1.807, 2.05) is 0 Å². The molecule has 1 heterocycles. The zero-order valence-corrected chi connectivity index (χ0v) is 11.0. The summed E-state index contributed by atoms with van der Waals surface area (Å²) in [7, 11) is 0. The Balaban J connectivity index is 1.83. The van der Waals surface area contributed by atoms with Crippen LogP contribution in [0.25, 0.3) is 0 Å². The SMILES string of the molecule is OC1(CNCc2ccc(Cl)c(F)c2)CCSC1. The van der Waals surface area contributed by atoms with Crippen LogP contribution in [-0.2, 0) is 6.54 Å². The highest BCUT2D eigenvalue weighted by molar-refractivity contribution is 7.99. The number of thioether (sulfide) groups is 1. The van der Waals surface area contributed by atoms with E-state index in [1.54, 1.807) is 23.9 Å². The number of rotatable bonds is 4. The fourth-order valence-corrected chi connectivity index (χ4v) is 3.24. The first-order valence-electron chi connectivity index (χ1n) is 5.54. The van der Waals surface area contributed by atoms with Gasteiger partial charge in [0.25, 0.3) is 0 Å².